The Morgan fingerprint density at radius 3 is 2.55 bits per heavy atom. The summed E-state index contributed by atoms with van der Waals surface area (Å²) in [4.78, 5) is 23.2. The first kappa shape index (κ1) is 21.1. The molecule has 1 N–H and O–H groups in total. The van der Waals surface area contributed by atoms with E-state index in [1.165, 1.54) is 0 Å². The number of piperidine rings is 1. The normalized spacial score (nSPS) is 15.3. The van der Waals surface area contributed by atoms with E-state index in [1.807, 2.05) is 36.1 Å². The Hall–Kier alpha value is -3.16. The molecule has 0 radical (unpaired) electrons. The molecule has 1 aliphatic rings. The van der Waals surface area contributed by atoms with Gasteiger partial charge in [0.2, 0.25) is 5.91 Å². The lowest BCUT2D eigenvalue weighted by atomic mass is 9.95. The number of halogens is 3. The van der Waals surface area contributed by atoms with Crippen molar-refractivity contribution < 1.29 is 18.0 Å². The minimum absolute atomic E-state index is 0.0743. The van der Waals surface area contributed by atoms with Crippen molar-refractivity contribution in [2.24, 2.45) is 5.92 Å². The third-order valence-corrected chi connectivity index (χ3v) is 5.72. The van der Waals surface area contributed by atoms with E-state index >= 15 is 0 Å². The molecule has 3 heterocycles. The number of anilines is 2. The molecule has 0 bridgehead atoms. The molecule has 162 valence electrons. The van der Waals surface area contributed by atoms with Crippen LogP contribution in [0.1, 0.15) is 29.8 Å². The van der Waals surface area contributed by atoms with Crippen LogP contribution in [-0.2, 0) is 11.0 Å². The van der Waals surface area contributed by atoms with Crippen molar-refractivity contribution in [2.75, 3.05) is 23.3 Å². The summed E-state index contributed by atoms with van der Waals surface area (Å²) in [6.45, 7) is 4.43. The fourth-order valence-electron chi connectivity index (χ4n) is 4.04. The first-order chi connectivity index (χ1) is 14.7. The summed E-state index contributed by atoms with van der Waals surface area (Å²) in [5, 5.41) is 4.95. The topological polar surface area (TPSA) is 58.1 Å². The zero-order valence-electron chi connectivity index (χ0n) is 17.3. The average molecular weight is 428 g/mol. The molecule has 1 aliphatic heterocycles. The molecule has 0 unspecified atom stereocenters. The van der Waals surface area contributed by atoms with Crippen LogP contribution in [0.5, 0.6) is 0 Å². The maximum Gasteiger partial charge on any atom is 0.416 e. The summed E-state index contributed by atoms with van der Waals surface area (Å²) in [6, 6.07) is 9.73. The zero-order chi connectivity index (χ0) is 22.2. The van der Waals surface area contributed by atoms with E-state index in [-0.39, 0.29) is 11.8 Å². The summed E-state index contributed by atoms with van der Waals surface area (Å²) in [7, 11) is 0. The van der Waals surface area contributed by atoms with Gasteiger partial charge in [-0.3, -0.25) is 9.78 Å². The minimum Gasteiger partial charge on any atom is -0.357 e. The van der Waals surface area contributed by atoms with Gasteiger partial charge in [-0.05, 0) is 51.0 Å². The van der Waals surface area contributed by atoms with Gasteiger partial charge >= 0.3 is 6.18 Å². The Morgan fingerprint density at radius 1 is 1.10 bits per heavy atom. The lowest BCUT2D eigenvalue weighted by molar-refractivity contribution is -0.137. The van der Waals surface area contributed by atoms with E-state index in [9.17, 15) is 18.0 Å². The molecular weight excluding hydrogens is 405 g/mol. The summed E-state index contributed by atoms with van der Waals surface area (Å²) in [6.07, 6.45) is -1.59. The predicted molar refractivity (Wildman–Crippen MR) is 114 cm³/mol. The Balaban J connectivity index is 1.45. The highest BCUT2D eigenvalue weighted by Gasteiger charge is 2.33. The van der Waals surface area contributed by atoms with Crippen molar-refractivity contribution in [3.05, 3.63) is 59.5 Å². The second-order valence-electron chi connectivity index (χ2n) is 7.90. The molecule has 0 saturated carbocycles. The highest BCUT2D eigenvalue weighted by atomic mass is 19.4. The molecule has 1 fully saturated rings. The maximum absolute atomic E-state index is 13.1. The molecule has 2 aromatic heterocycles. The van der Waals surface area contributed by atoms with Crippen LogP contribution in [0.15, 0.2) is 42.6 Å². The van der Waals surface area contributed by atoms with Crippen LogP contribution in [0.25, 0.3) is 10.8 Å². The van der Waals surface area contributed by atoms with Crippen LogP contribution in [0.2, 0.25) is 0 Å². The Bertz CT molecular complexity index is 1120. The van der Waals surface area contributed by atoms with Crippen molar-refractivity contribution >= 4 is 28.2 Å². The fourth-order valence-corrected chi connectivity index (χ4v) is 4.04. The number of hydrogen-bond donors (Lipinski definition) is 1. The molecule has 8 heteroatoms. The fraction of sp³-hybridized carbons (Fsp3) is 0.348. The van der Waals surface area contributed by atoms with E-state index in [0.29, 0.717) is 37.4 Å². The molecule has 5 nitrogen and oxygen atoms in total. The Labute approximate surface area is 178 Å². The van der Waals surface area contributed by atoms with Crippen LogP contribution in [-0.4, -0.2) is 29.0 Å². The van der Waals surface area contributed by atoms with Crippen LogP contribution < -0.4 is 10.2 Å². The number of alkyl halides is 3. The van der Waals surface area contributed by atoms with Crippen molar-refractivity contribution in [3.8, 4) is 0 Å². The molecule has 31 heavy (non-hydrogen) atoms. The number of nitrogens with zero attached hydrogens (tertiary/aromatic N) is 3. The summed E-state index contributed by atoms with van der Waals surface area (Å²) in [5.74, 6) is 0.0272. The van der Waals surface area contributed by atoms with Gasteiger partial charge in [-0.25, -0.2) is 4.98 Å². The molecule has 3 aromatic rings. The minimum atomic E-state index is -4.41. The Morgan fingerprint density at radius 2 is 1.84 bits per heavy atom. The first-order valence-electron chi connectivity index (χ1n) is 10.2. The Kier molecular flexibility index (Phi) is 5.56. The number of carbonyl (C=O) groups is 1. The van der Waals surface area contributed by atoms with Crippen molar-refractivity contribution in [3.63, 3.8) is 0 Å². The second-order valence-corrected chi connectivity index (χ2v) is 7.90. The molecule has 4 rings (SSSR count). The number of amides is 1. The van der Waals surface area contributed by atoms with Gasteiger partial charge in [0.1, 0.15) is 5.82 Å². The van der Waals surface area contributed by atoms with Gasteiger partial charge in [-0.2, -0.15) is 13.2 Å². The van der Waals surface area contributed by atoms with Gasteiger partial charge in [-0.15, -0.1) is 0 Å². The van der Waals surface area contributed by atoms with Crippen LogP contribution in [0.3, 0.4) is 0 Å². The third-order valence-electron chi connectivity index (χ3n) is 5.72. The monoisotopic (exact) mass is 428 g/mol. The highest BCUT2D eigenvalue weighted by molar-refractivity contribution is 6.03. The largest absolute Gasteiger partial charge is 0.416 e. The quantitative estimate of drug-likeness (QED) is 0.629. The number of benzene rings is 1. The van der Waals surface area contributed by atoms with E-state index < -0.39 is 11.7 Å². The number of aromatic nitrogens is 2. The second kappa shape index (κ2) is 8.17. The van der Waals surface area contributed by atoms with Gasteiger partial charge in [-0.1, -0.05) is 12.1 Å². The summed E-state index contributed by atoms with van der Waals surface area (Å²) in [5.41, 5.74) is 1.26. The number of aryl methyl sites for hydroxylation is 2. The SMILES string of the molecule is Cc1cc(C(F)(F)F)cc(N2CCC(C(=O)Nc3cccc4c(C)nccc34)CC2)n1. The number of pyridine rings is 2. The first-order valence-corrected chi connectivity index (χ1v) is 10.2. The maximum atomic E-state index is 13.1. The molecule has 1 saturated heterocycles. The molecule has 0 atom stereocenters. The highest BCUT2D eigenvalue weighted by Crippen LogP contribution is 2.33. The smallest absolute Gasteiger partial charge is 0.357 e. The van der Waals surface area contributed by atoms with Gasteiger partial charge < -0.3 is 10.2 Å². The lowest BCUT2D eigenvalue weighted by Crippen LogP contribution is -2.38. The number of nitrogens with one attached hydrogen (secondary N) is 1. The average Bonchev–Trinajstić information content (AvgIpc) is 2.73. The number of fused-ring (bicyclic) bond motifs is 1. The standard InChI is InChI=1S/C23H23F3N4O/c1-14-12-17(23(24,25)26)13-21(28-14)30-10-7-16(8-11-30)22(31)29-20-5-3-4-18-15(2)27-9-6-19(18)20/h3-6,9,12-13,16H,7-8,10-11H2,1-2H3,(H,29,31). The van der Waals surface area contributed by atoms with E-state index in [2.05, 4.69) is 15.3 Å². The van der Waals surface area contributed by atoms with E-state index in [4.69, 9.17) is 0 Å². The molecule has 0 aliphatic carbocycles. The number of hydrogen-bond acceptors (Lipinski definition) is 4. The van der Waals surface area contributed by atoms with E-state index in [1.54, 1.807) is 13.1 Å². The van der Waals surface area contributed by atoms with Crippen molar-refractivity contribution in [1.82, 2.24) is 9.97 Å². The molecule has 0 spiro atoms. The molecule has 1 amide bonds. The number of rotatable bonds is 3. The molecular formula is C23H23F3N4O. The number of carbonyl (C=O) groups excluding carboxylic acids is 1. The zero-order valence-corrected chi connectivity index (χ0v) is 17.3. The van der Waals surface area contributed by atoms with Crippen LogP contribution in [0.4, 0.5) is 24.7 Å². The predicted octanol–water partition coefficient (Wildman–Crippen LogP) is 5.12. The van der Waals surface area contributed by atoms with E-state index in [0.717, 1.165) is 34.3 Å². The van der Waals surface area contributed by atoms with Crippen LogP contribution in [0, 0.1) is 19.8 Å². The lowest BCUT2D eigenvalue weighted by Gasteiger charge is -2.32. The van der Waals surface area contributed by atoms with Gasteiger partial charge in [0.25, 0.3) is 0 Å². The van der Waals surface area contributed by atoms with Gasteiger partial charge in [0, 0.05) is 53.1 Å². The van der Waals surface area contributed by atoms with Crippen LogP contribution >= 0.6 is 0 Å². The third kappa shape index (κ3) is 4.47. The molecule has 1 aromatic carbocycles. The van der Waals surface area contributed by atoms with Gasteiger partial charge in [0.05, 0.1) is 5.56 Å². The summed E-state index contributed by atoms with van der Waals surface area (Å²) < 4.78 is 39.4. The van der Waals surface area contributed by atoms with Gasteiger partial charge in [0.15, 0.2) is 0 Å². The van der Waals surface area contributed by atoms with Crippen molar-refractivity contribution in [2.45, 2.75) is 32.9 Å². The van der Waals surface area contributed by atoms with Crippen molar-refractivity contribution in [1.29, 1.82) is 0 Å². The summed E-state index contributed by atoms with van der Waals surface area (Å²) >= 11 is 0.